The van der Waals surface area contributed by atoms with Crippen LogP contribution in [0.5, 0.6) is 0 Å². The Morgan fingerprint density at radius 3 is 2.55 bits per heavy atom. The number of carbonyl (C=O) groups excluding carboxylic acids is 3. The Hall–Kier alpha value is -3.15. The molecule has 1 aliphatic rings. The van der Waals surface area contributed by atoms with Gasteiger partial charge in [-0.1, -0.05) is 68.3 Å². The van der Waals surface area contributed by atoms with Crippen LogP contribution in [0, 0.1) is 0 Å². The average molecular weight is 427 g/mol. The number of nitrogens with one attached hydrogen (secondary N) is 2. The number of amides is 2. The number of unbranched alkanes of at least 4 members (excludes halogenated alkanes) is 2. The van der Waals surface area contributed by atoms with Gasteiger partial charge in [0.1, 0.15) is 6.04 Å². The van der Waals surface area contributed by atoms with E-state index < -0.39 is 12.0 Å². The van der Waals surface area contributed by atoms with Crippen molar-refractivity contribution in [3.05, 3.63) is 71.3 Å². The summed E-state index contributed by atoms with van der Waals surface area (Å²) < 4.78 is 4.87. The maximum Gasteiger partial charge on any atom is 0.328 e. The molecule has 0 spiro atoms. The molecule has 0 saturated carbocycles. The summed E-state index contributed by atoms with van der Waals surface area (Å²) in [4.78, 5) is 33.9. The highest BCUT2D eigenvalue weighted by Crippen LogP contribution is 2.19. The number of hydrogen-bond donors (Lipinski definition) is 2. The fraction of sp³-hybridized carbons (Fsp3) is 0.400. The van der Waals surface area contributed by atoms with Crippen LogP contribution < -0.4 is 10.6 Å². The van der Waals surface area contributed by atoms with E-state index in [4.69, 9.17) is 9.53 Å². The topological polar surface area (TPSA) is 84.5 Å². The molecule has 6 heteroatoms. The quantitative estimate of drug-likeness (QED) is 0.340. The van der Waals surface area contributed by atoms with Crippen molar-refractivity contribution in [3.63, 3.8) is 0 Å². The van der Waals surface area contributed by atoms with Gasteiger partial charge in [0.25, 0.3) is 5.91 Å². The van der Waals surface area contributed by atoms with Gasteiger partial charge < -0.3 is 15.4 Å². The first-order valence-electron chi connectivity index (χ1n) is 10.7. The van der Waals surface area contributed by atoms with Crippen molar-refractivity contribution < 1.29 is 19.1 Å². The Balaban J connectivity index is 0.00000110. The highest BCUT2D eigenvalue weighted by atomic mass is 16.5. The van der Waals surface area contributed by atoms with E-state index in [1.54, 1.807) is 7.05 Å². The number of esters is 1. The second-order valence-electron chi connectivity index (χ2n) is 7.11. The molecule has 0 radical (unpaired) electrons. The van der Waals surface area contributed by atoms with Crippen molar-refractivity contribution in [1.29, 1.82) is 0 Å². The van der Waals surface area contributed by atoms with Crippen molar-refractivity contribution in [3.8, 4) is 0 Å². The molecule has 2 N–H and O–H groups in total. The minimum absolute atomic E-state index is 0.236. The standard InChI is InChI=1S/C23H29NO3.C2H5NO/c1-3-4-5-7-11-18-14-10-15-20(16-18)22(25)24-21(23(26)27-2)17-19-12-8-6-9-13-19;1-3-2-4/h6-9,11-13,15-16,21H,3-5,10,14,17H2,1-2H3,(H,24,25);2H,1H3,(H,3,4)/b11-7-;. The van der Waals surface area contributed by atoms with Crippen molar-refractivity contribution in [2.24, 2.45) is 0 Å². The lowest BCUT2D eigenvalue weighted by molar-refractivity contribution is -0.144. The van der Waals surface area contributed by atoms with Crippen LogP contribution >= 0.6 is 0 Å². The zero-order valence-corrected chi connectivity index (χ0v) is 18.7. The molecular formula is C25H34N2O4. The van der Waals surface area contributed by atoms with E-state index in [1.165, 1.54) is 20.0 Å². The van der Waals surface area contributed by atoms with Crippen LogP contribution in [0.15, 0.2) is 65.8 Å². The summed E-state index contributed by atoms with van der Waals surface area (Å²) in [6, 6.07) is 8.90. The Morgan fingerprint density at radius 2 is 1.94 bits per heavy atom. The third-order valence-corrected chi connectivity index (χ3v) is 4.65. The van der Waals surface area contributed by atoms with Crippen LogP contribution in [0.25, 0.3) is 0 Å². The first-order valence-corrected chi connectivity index (χ1v) is 10.7. The highest BCUT2D eigenvalue weighted by Gasteiger charge is 2.23. The minimum atomic E-state index is -0.704. The summed E-state index contributed by atoms with van der Waals surface area (Å²) in [5.74, 6) is -0.673. The van der Waals surface area contributed by atoms with Gasteiger partial charge >= 0.3 is 5.97 Å². The van der Waals surface area contributed by atoms with Gasteiger partial charge in [0.15, 0.2) is 0 Å². The SMILES string of the molecule is CCCC/C=C\C1=CC(C(=O)NC(Cc2ccccc2)C(=O)OC)=CCC1.CNC=O. The second-order valence-corrected chi connectivity index (χ2v) is 7.11. The molecule has 0 aliphatic heterocycles. The lowest BCUT2D eigenvalue weighted by Gasteiger charge is -2.18. The van der Waals surface area contributed by atoms with Crippen LogP contribution in [-0.4, -0.2) is 38.5 Å². The summed E-state index contributed by atoms with van der Waals surface area (Å²) >= 11 is 0. The molecule has 0 saturated heterocycles. The number of methoxy groups -OCH3 is 1. The first-order chi connectivity index (χ1) is 15.0. The lowest BCUT2D eigenvalue weighted by atomic mass is 9.97. The smallest absolute Gasteiger partial charge is 0.328 e. The normalized spacial score (nSPS) is 13.8. The third-order valence-electron chi connectivity index (χ3n) is 4.65. The van der Waals surface area contributed by atoms with Crippen LogP contribution in [0.2, 0.25) is 0 Å². The number of rotatable bonds is 10. The van der Waals surface area contributed by atoms with Gasteiger partial charge in [0, 0.05) is 19.0 Å². The summed E-state index contributed by atoms with van der Waals surface area (Å²) in [5.41, 5.74) is 2.73. The predicted molar refractivity (Wildman–Crippen MR) is 123 cm³/mol. The van der Waals surface area contributed by atoms with E-state index in [2.05, 4.69) is 29.7 Å². The van der Waals surface area contributed by atoms with E-state index in [-0.39, 0.29) is 5.91 Å². The Kier molecular flexibility index (Phi) is 13.1. The monoisotopic (exact) mass is 426 g/mol. The molecule has 2 rings (SSSR count). The second kappa shape index (κ2) is 15.7. The molecule has 0 heterocycles. The van der Waals surface area contributed by atoms with Crippen molar-refractivity contribution >= 4 is 18.3 Å². The number of hydrogen-bond acceptors (Lipinski definition) is 4. The molecule has 31 heavy (non-hydrogen) atoms. The van der Waals surface area contributed by atoms with E-state index in [0.717, 1.165) is 30.4 Å². The number of ether oxygens (including phenoxy) is 1. The van der Waals surface area contributed by atoms with Crippen molar-refractivity contribution in [1.82, 2.24) is 10.6 Å². The maximum atomic E-state index is 12.7. The van der Waals surface area contributed by atoms with E-state index in [1.807, 2.05) is 42.5 Å². The predicted octanol–water partition coefficient (Wildman–Crippen LogP) is 3.64. The van der Waals surface area contributed by atoms with Gasteiger partial charge in [-0.05, 0) is 36.5 Å². The summed E-state index contributed by atoms with van der Waals surface area (Å²) in [7, 11) is 2.90. The number of carbonyl (C=O) groups is 3. The Labute approximate surface area is 185 Å². The Bertz CT molecular complexity index is 782. The molecule has 2 amide bonds. The van der Waals surface area contributed by atoms with Crippen molar-refractivity contribution in [2.75, 3.05) is 14.2 Å². The minimum Gasteiger partial charge on any atom is -0.467 e. The fourth-order valence-corrected chi connectivity index (χ4v) is 3.00. The van der Waals surface area contributed by atoms with Gasteiger partial charge in [0.2, 0.25) is 6.41 Å². The molecular weight excluding hydrogens is 392 g/mol. The molecule has 1 unspecified atom stereocenters. The molecule has 1 aromatic carbocycles. The molecule has 0 aromatic heterocycles. The van der Waals surface area contributed by atoms with E-state index >= 15 is 0 Å². The van der Waals surface area contributed by atoms with E-state index in [0.29, 0.717) is 18.4 Å². The molecule has 0 bridgehead atoms. The zero-order chi connectivity index (χ0) is 22.9. The van der Waals surface area contributed by atoms with Crippen molar-refractivity contribution in [2.45, 2.75) is 51.5 Å². The molecule has 1 aromatic rings. The largest absolute Gasteiger partial charge is 0.467 e. The van der Waals surface area contributed by atoms with Gasteiger partial charge in [-0.25, -0.2) is 4.79 Å². The van der Waals surface area contributed by atoms with E-state index in [9.17, 15) is 9.59 Å². The fourth-order valence-electron chi connectivity index (χ4n) is 3.00. The van der Waals surface area contributed by atoms with Crippen LogP contribution in [-0.2, 0) is 25.5 Å². The van der Waals surface area contributed by atoms with Gasteiger partial charge in [-0.15, -0.1) is 0 Å². The average Bonchev–Trinajstić information content (AvgIpc) is 2.82. The van der Waals surface area contributed by atoms with Gasteiger partial charge in [0.05, 0.1) is 7.11 Å². The first kappa shape index (κ1) is 25.9. The van der Waals surface area contributed by atoms with Crippen LogP contribution in [0.1, 0.15) is 44.6 Å². The van der Waals surface area contributed by atoms with Crippen LogP contribution in [0.4, 0.5) is 0 Å². The molecule has 1 atom stereocenters. The molecule has 0 fully saturated rings. The molecule has 168 valence electrons. The number of allylic oxidation sites excluding steroid dienone is 4. The Morgan fingerprint density at radius 1 is 1.23 bits per heavy atom. The molecule has 1 aliphatic carbocycles. The zero-order valence-electron chi connectivity index (χ0n) is 18.7. The van der Waals surface area contributed by atoms with Crippen LogP contribution in [0.3, 0.4) is 0 Å². The molecule has 6 nitrogen and oxygen atoms in total. The maximum absolute atomic E-state index is 12.7. The number of benzene rings is 1. The lowest BCUT2D eigenvalue weighted by Crippen LogP contribution is -2.43. The summed E-state index contributed by atoms with van der Waals surface area (Å²) in [5, 5.41) is 5.08. The summed E-state index contributed by atoms with van der Waals surface area (Å²) in [6.07, 6.45) is 14.3. The van der Waals surface area contributed by atoms with Gasteiger partial charge in [-0.3, -0.25) is 9.59 Å². The summed E-state index contributed by atoms with van der Waals surface area (Å²) in [6.45, 7) is 2.17. The third kappa shape index (κ3) is 10.4. The highest BCUT2D eigenvalue weighted by molar-refractivity contribution is 5.99. The van der Waals surface area contributed by atoms with Gasteiger partial charge in [-0.2, -0.15) is 0 Å².